The number of hydrogen-bond donors (Lipinski definition) is 0. The molecule has 7 heteroatoms. The van der Waals surface area contributed by atoms with E-state index < -0.39 is 11.6 Å². The van der Waals surface area contributed by atoms with E-state index >= 15 is 8.78 Å². The van der Waals surface area contributed by atoms with Gasteiger partial charge in [-0.3, -0.25) is 0 Å². The van der Waals surface area contributed by atoms with Crippen LogP contribution < -0.4 is 0 Å². The Morgan fingerprint density at radius 3 is 2.34 bits per heavy atom. The Kier molecular flexibility index (Phi) is 12.5. The number of thiophene rings is 1. The van der Waals surface area contributed by atoms with Gasteiger partial charge in [-0.05, 0) is 68.6 Å². The monoisotopic (exact) mass is 621 g/mol. The number of allylic oxidation sites excluding steroid dienone is 7. The molecule has 3 rings (SSSR count). The van der Waals surface area contributed by atoms with Gasteiger partial charge in [-0.25, -0.2) is 13.8 Å². The standard InChI is InChI=1S/C37H49F2N3OS/c1-11-14-32(43-10)41-35-26(25(9)42(13-3)31(22(4)5)20-15-24(8)12-2)16-17-28(34(35)39)27-18-19-30(38)37-33(27)29(21-40)36(44-37)23(6)7/h14,16-19,22-24,31H,11-13,15,20H2,1-10H3/b26-25+,32-14-,41-35+. The maximum atomic E-state index is 17.0. The molecule has 0 saturated carbocycles. The van der Waals surface area contributed by atoms with Gasteiger partial charge >= 0.3 is 0 Å². The summed E-state index contributed by atoms with van der Waals surface area (Å²) in [7, 11) is 1.53. The number of benzene rings is 1. The zero-order chi connectivity index (χ0) is 32.7. The number of nitriles is 1. The highest BCUT2D eigenvalue weighted by molar-refractivity contribution is 7.19. The molecule has 4 nitrogen and oxygen atoms in total. The zero-order valence-electron chi connectivity index (χ0n) is 28.1. The maximum absolute atomic E-state index is 17.0. The first-order chi connectivity index (χ1) is 20.9. The van der Waals surface area contributed by atoms with Crippen molar-refractivity contribution in [1.29, 1.82) is 5.26 Å². The van der Waals surface area contributed by atoms with Gasteiger partial charge in [-0.1, -0.05) is 73.1 Å². The van der Waals surface area contributed by atoms with Crippen molar-refractivity contribution in [2.24, 2.45) is 16.8 Å². The highest BCUT2D eigenvalue weighted by Gasteiger charge is 2.30. The van der Waals surface area contributed by atoms with Crippen molar-refractivity contribution >= 4 is 32.7 Å². The van der Waals surface area contributed by atoms with Crippen molar-refractivity contribution in [3.8, 4) is 6.07 Å². The molecule has 0 radical (unpaired) electrons. The maximum Gasteiger partial charge on any atom is 0.209 e. The third kappa shape index (κ3) is 7.34. The lowest BCUT2D eigenvalue weighted by molar-refractivity contribution is 0.187. The molecule has 0 spiro atoms. The molecule has 1 aliphatic carbocycles. The summed E-state index contributed by atoms with van der Waals surface area (Å²) in [5, 5.41) is 10.6. The summed E-state index contributed by atoms with van der Waals surface area (Å²) in [6, 6.07) is 5.51. The van der Waals surface area contributed by atoms with Gasteiger partial charge in [-0.2, -0.15) is 5.26 Å². The number of nitrogens with zero attached hydrogens (tertiary/aromatic N) is 3. The minimum absolute atomic E-state index is 0.0296. The Morgan fingerprint density at radius 1 is 1.09 bits per heavy atom. The van der Waals surface area contributed by atoms with E-state index in [9.17, 15) is 5.26 Å². The van der Waals surface area contributed by atoms with E-state index in [1.807, 2.05) is 39.8 Å². The summed E-state index contributed by atoms with van der Waals surface area (Å²) in [5.41, 5.74) is 2.99. The Labute approximate surface area is 267 Å². The highest BCUT2D eigenvalue weighted by atomic mass is 32.1. The first kappa shape index (κ1) is 35.2. The summed E-state index contributed by atoms with van der Waals surface area (Å²) >= 11 is 1.27. The van der Waals surface area contributed by atoms with Crippen LogP contribution in [-0.4, -0.2) is 30.3 Å². The van der Waals surface area contributed by atoms with Gasteiger partial charge in [0.05, 0.1) is 17.4 Å². The summed E-state index contributed by atoms with van der Waals surface area (Å²) in [5.74, 6) is 0.469. The molecule has 1 heterocycles. The first-order valence-electron chi connectivity index (χ1n) is 16.0. The van der Waals surface area contributed by atoms with Gasteiger partial charge in [-0.15, -0.1) is 11.3 Å². The van der Waals surface area contributed by atoms with Gasteiger partial charge in [0, 0.05) is 39.7 Å². The van der Waals surface area contributed by atoms with Crippen molar-refractivity contribution in [3.63, 3.8) is 0 Å². The van der Waals surface area contributed by atoms with Gasteiger partial charge in [0.25, 0.3) is 0 Å². The average Bonchev–Trinajstić information content (AvgIpc) is 3.40. The summed E-state index contributed by atoms with van der Waals surface area (Å²) in [4.78, 5) is 7.91. The van der Waals surface area contributed by atoms with Crippen molar-refractivity contribution in [2.45, 2.75) is 100.0 Å². The minimum Gasteiger partial charge on any atom is -0.481 e. The number of hydrogen-bond acceptors (Lipinski definition) is 5. The van der Waals surface area contributed by atoms with Crippen LogP contribution in [0.1, 0.15) is 110 Å². The molecule has 2 atom stereocenters. The second-order valence-corrected chi connectivity index (χ2v) is 13.3. The Balaban J connectivity index is 2.31. The van der Waals surface area contributed by atoms with Crippen molar-refractivity contribution in [1.82, 2.24) is 4.90 Å². The number of rotatable bonds is 13. The number of halogens is 2. The molecule has 0 saturated heterocycles. The highest BCUT2D eigenvalue weighted by Crippen LogP contribution is 2.43. The number of methoxy groups -OCH3 is 1. The van der Waals surface area contributed by atoms with Gasteiger partial charge in [0.1, 0.15) is 17.6 Å². The third-order valence-corrected chi connectivity index (χ3v) is 10.2. The van der Waals surface area contributed by atoms with Crippen LogP contribution in [0.4, 0.5) is 8.78 Å². The van der Waals surface area contributed by atoms with Crippen LogP contribution in [0.15, 0.2) is 58.3 Å². The fourth-order valence-corrected chi connectivity index (χ4v) is 7.13. The molecule has 1 aliphatic rings. The lowest BCUT2D eigenvalue weighted by Gasteiger charge is -2.38. The molecule has 2 aromatic rings. The van der Waals surface area contributed by atoms with Crippen LogP contribution in [0.2, 0.25) is 0 Å². The molecule has 0 aliphatic heterocycles. The molecule has 0 amide bonds. The van der Waals surface area contributed by atoms with Crippen molar-refractivity contribution in [3.05, 3.63) is 75.2 Å². The fourth-order valence-electron chi connectivity index (χ4n) is 5.95. The molecule has 1 aromatic carbocycles. The Hall–Kier alpha value is -3.24. The van der Waals surface area contributed by atoms with E-state index in [4.69, 9.17) is 9.73 Å². The molecular formula is C37H49F2N3OS. The molecular weight excluding hydrogens is 572 g/mol. The van der Waals surface area contributed by atoms with Crippen molar-refractivity contribution < 1.29 is 13.5 Å². The molecule has 1 aromatic heterocycles. The third-order valence-electron chi connectivity index (χ3n) is 8.65. The first-order valence-corrected chi connectivity index (χ1v) is 16.8. The van der Waals surface area contributed by atoms with Crippen LogP contribution in [0.25, 0.3) is 15.7 Å². The zero-order valence-corrected chi connectivity index (χ0v) is 29.0. The second-order valence-electron chi connectivity index (χ2n) is 12.3. The van der Waals surface area contributed by atoms with Crippen LogP contribution in [0, 0.1) is 29.0 Å². The molecule has 238 valence electrons. The fraction of sp³-hybridized carbons (Fsp3) is 0.514. The van der Waals surface area contributed by atoms with Crippen LogP contribution in [0.5, 0.6) is 0 Å². The van der Waals surface area contributed by atoms with Crippen LogP contribution in [-0.2, 0) is 4.74 Å². The second kappa shape index (κ2) is 15.7. The average molecular weight is 622 g/mol. The van der Waals surface area contributed by atoms with E-state index in [-0.39, 0.29) is 23.2 Å². The smallest absolute Gasteiger partial charge is 0.209 e. The minimum atomic E-state index is -0.522. The Bertz CT molecular complexity index is 1530. The van der Waals surface area contributed by atoms with E-state index in [0.717, 1.165) is 36.4 Å². The summed E-state index contributed by atoms with van der Waals surface area (Å²) in [6.45, 7) is 19.9. The van der Waals surface area contributed by atoms with E-state index in [1.54, 1.807) is 12.1 Å². The number of ether oxygens (including phenoxy) is 1. The van der Waals surface area contributed by atoms with E-state index in [2.05, 4.69) is 45.6 Å². The summed E-state index contributed by atoms with van der Waals surface area (Å²) < 4.78 is 38.0. The van der Waals surface area contributed by atoms with Gasteiger partial charge in [0.15, 0.2) is 5.83 Å². The molecule has 0 bridgehead atoms. The normalized spacial score (nSPS) is 17.6. The van der Waals surface area contributed by atoms with Gasteiger partial charge < -0.3 is 9.64 Å². The number of fused-ring (bicyclic) bond motifs is 1. The topological polar surface area (TPSA) is 48.6 Å². The SMILES string of the molecule is CC/C=C(/N=C1/C(F)=C(c2ccc(F)c3sc(C(C)C)c(C#N)c23)C=C/C1=C(/C)N(CC)C(CCC(C)CC)C(C)C)OC. The predicted octanol–water partition coefficient (Wildman–Crippen LogP) is 11.1. The quantitative estimate of drug-likeness (QED) is 0.209. The molecule has 0 N–H and O–H groups in total. The molecule has 2 unspecified atom stereocenters. The molecule has 44 heavy (non-hydrogen) atoms. The van der Waals surface area contributed by atoms with Crippen molar-refractivity contribution in [2.75, 3.05) is 13.7 Å². The largest absolute Gasteiger partial charge is 0.481 e. The van der Waals surface area contributed by atoms with Gasteiger partial charge in [0.2, 0.25) is 5.88 Å². The van der Waals surface area contributed by atoms with Crippen LogP contribution >= 0.6 is 11.3 Å². The summed E-state index contributed by atoms with van der Waals surface area (Å²) in [6.07, 6.45) is 9.48. The van der Waals surface area contributed by atoms with Crippen LogP contribution in [0.3, 0.4) is 0 Å². The van der Waals surface area contributed by atoms with E-state index in [0.29, 0.717) is 50.9 Å². The lowest BCUT2D eigenvalue weighted by atomic mass is 9.88. The molecule has 0 fully saturated rings. The number of aliphatic imine (C=N–C) groups is 1. The lowest BCUT2D eigenvalue weighted by Crippen LogP contribution is -2.39. The predicted molar refractivity (Wildman–Crippen MR) is 183 cm³/mol. The van der Waals surface area contributed by atoms with E-state index in [1.165, 1.54) is 24.5 Å². The Morgan fingerprint density at radius 2 is 1.80 bits per heavy atom.